The van der Waals surface area contributed by atoms with Crippen LogP contribution in [-0.2, 0) is 117 Å². The average molecular weight is 1580 g/mol. The molecule has 22 rings (SSSR count). The monoisotopic (exact) mass is 1580 g/mol. The second-order valence-electron chi connectivity index (χ2n) is 37.3. The van der Waals surface area contributed by atoms with Gasteiger partial charge < -0.3 is 81.6 Å². The highest BCUT2D eigenvalue weighted by Crippen LogP contribution is 2.67. The van der Waals surface area contributed by atoms with Crippen LogP contribution in [0.5, 0.6) is 0 Å². The van der Waals surface area contributed by atoms with Crippen LogP contribution in [0.3, 0.4) is 0 Å². The second kappa shape index (κ2) is 32.0. The maximum Gasteiger partial charge on any atom is 0.355 e. The highest BCUT2D eigenvalue weighted by atomic mass is 32.6. The molecule has 0 radical (unpaired) electrons. The molecule has 4 aliphatic carbocycles. The van der Waals surface area contributed by atoms with E-state index in [1.165, 1.54) is 34.2 Å². The van der Waals surface area contributed by atoms with Gasteiger partial charge in [-0.2, -0.15) is 0 Å². The van der Waals surface area contributed by atoms with Gasteiger partial charge in [0.2, 0.25) is 23.1 Å². The fraction of sp³-hybridized carbons (Fsp3) is 1.00. The largest absolute Gasteiger partial charge is 0.396 e. The van der Waals surface area contributed by atoms with Crippen molar-refractivity contribution in [2.75, 3.05) is 47.8 Å². The van der Waals surface area contributed by atoms with Crippen molar-refractivity contribution in [1.82, 2.24) is 0 Å². The number of hydrogen-bond donors (Lipinski definition) is 3. The van der Waals surface area contributed by atoms with Crippen molar-refractivity contribution in [1.29, 1.82) is 1.28 Å². The van der Waals surface area contributed by atoms with E-state index in [-0.39, 0.29) is 103 Å². The molecule has 18 aliphatic heterocycles. The fourth-order valence-electron chi connectivity index (χ4n) is 25.4. The van der Waals surface area contributed by atoms with Crippen molar-refractivity contribution in [2.45, 2.75) is 332 Å². The van der Waals surface area contributed by atoms with Crippen molar-refractivity contribution < 1.29 is 121 Å². The van der Waals surface area contributed by atoms with Crippen molar-refractivity contribution in [3.8, 4) is 0 Å². The Bertz CT molecular complexity index is 2900. The molecule has 10 bridgehead atoms. The number of ether oxygens (including phenoxy) is 14. The summed E-state index contributed by atoms with van der Waals surface area (Å²) < 4.78 is 93.2. The predicted molar refractivity (Wildman–Crippen MR) is 391 cm³/mol. The Hall–Kier alpha value is -0.0500. The number of aliphatic hydroxyl groups is 3. The quantitative estimate of drug-likeness (QED) is 0.0781. The summed E-state index contributed by atoms with van der Waals surface area (Å²) in [5.74, 6) is 1.07. The Labute approximate surface area is 644 Å². The summed E-state index contributed by atoms with van der Waals surface area (Å²) in [5, 5.41) is 33.3. The van der Waals surface area contributed by atoms with Crippen molar-refractivity contribution >= 4 is 27.7 Å². The highest BCUT2D eigenvalue weighted by Gasteiger charge is 2.75. The van der Waals surface area contributed by atoms with Gasteiger partial charge >= 0.3 is 1.28 Å². The van der Waals surface area contributed by atoms with Gasteiger partial charge in [-0.05, 0) is 201 Å². The molecule has 6 unspecified atom stereocenters. The summed E-state index contributed by atoms with van der Waals surface area (Å²) >= 11 is 4.31. The molecule has 25 nitrogen and oxygen atoms in total. The van der Waals surface area contributed by atoms with E-state index < -0.39 is 109 Å². The minimum Gasteiger partial charge on any atom is -0.396 e. The topological polar surface area (TPSA) is 264 Å². The van der Waals surface area contributed by atoms with Crippen LogP contribution >= 0.6 is 15.9 Å². The third-order valence-electron chi connectivity index (χ3n) is 31.4. The van der Waals surface area contributed by atoms with Crippen LogP contribution < -0.4 is 0 Å². The van der Waals surface area contributed by atoms with Gasteiger partial charge in [0.25, 0.3) is 13.0 Å². The maximum absolute atomic E-state index is 11.9. The lowest BCUT2D eigenvalue weighted by Gasteiger charge is -2.61. The number of fused-ring (bicyclic) bond motifs is 10. The van der Waals surface area contributed by atoms with E-state index in [0.717, 1.165) is 103 Å². The lowest BCUT2D eigenvalue weighted by atomic mass is 9.57. The summed E-state index contributed by atoms with van der Waals surface area (Å²) in [6.45, 7) is 25.0. The van der Waals surface area contributed by atoms with E-state index in [4.69, 9.17) is 92.5 Å². The molecule has 0 aromatic heterocycles. The summed E-state index contributed by atoms with van der Waals surface area (Å²) in [6, 6.07) is 0. The molecule has 18 saturated heterocycles. The molecule has 22 fully saturated rings. The van der Waals surface area contributed by atoms with Gasteiger partial charge in [-0.1, -0.05) is 55.4 Å². The molecule has 38 atom stereocenters. The van der Waals surface area contributed by atoms with Gasteiger partial charge in [-0.25, -0.2) is 39.1 Å². The Morgan fingerprint density at radius 1 is 0.430 bits per heavy atom. The molecule has 4 saturated carbocycles. The van der Waals surface area contributed by atoms with Crippen LogP contribution in [0.15, 0.2) is 0 Å². The van der Waals surface area contributed by atoms with Gasteiger partial charge in [0.15, 0.2) is 66.4 Å². The normalized spacial score (nSPS) is 54.6. The lowest BCUT2D eigenvalue weighted by Crippen LogP contribution is -2.70. The van der Waals surface area contributed by atoms with E-state index in [1.54, 1.807) is 0 Å². The van der Waals surface area contributed by atoms with Crippen LogP contribution in [0.25, 0.3) is 0 Å². The molecule has 0 aromatic carbocycles. The summed E-state index contributed by atoms with van der Waals surface area (Å²) in [6.07, 6.45) is 15.0. The Balaban J connectivity index is 0.000000152. The number of rotatable bonds is 15. The third-order valence-corrected chi connectivity index (χ3v) is 31.4. The van der Waals surface area contributed by atoms with Crippen molar-refractivity contribution in [3.05, 3.63) is 0 Å². The second-order valence-corrected chi connectivity index (χ2v) is 40.0. The van der Waals surface area contributed by atoms with Gasteiger partial charge in [-0.3, -0.25) is 0 Å². The summed E-state index contributed by atoms with van der Waals surface area (Å²) in [5.41, 5.74) is -2.42. The fourth-order valence-corrected chi connectivity index (χ4v) is 25.4. The smallest absolute Gasteiger partial charge is 0.355 e. The Morgan fingerprint density at radius 2 is 0.710 bits per heavy atom. The van der Waals surface area contributed by atoms with Crippen LogP contribution in [-0.4, -0.2) is 185 Å². The molecular formula is C79H131O25P2S+. The molecule has 3 N–H and O–H groups in total. The van der Waals surface area contributed by atoms with Crippen molar-refractivity contribution in [2.24, 2.45) is 118 Å². The first-order chi connectivity index (χ1) is 51.5. The van der Waals surface area contributed by atoms with E-state index in [0.29, 0.717) is 73.4 Å². The lowest BCUT2D eigenvalue weighted by molar-refractivity contribution is -0.571. The molecule has 28 heteroatoms. The van der Waals surface area contributed by atoms with Gasteiger partial charge in [0.05, 0.1) is 58.8 Å². The minimum absolute atomic E-state index is 0.00261. The standard InChI is InChI=1S/C38H58O11.C37H60O11.C4H10O3.H2P2S/c1-19-7-9-27-21(3)29(41-32-37(27)25(19)11-13-35(5,44-32)46-48-37)15-23-17-39-34-40-18-24(31(23)43-34)16-30-22(4)28-10-8-20(2)26-12-14-36(6)45-33(42-30)38(26,28)49-47-36;1-19-7-9-27-21(3)29(41-32-36(27)25(19)11-13-34(5,43-32)45-47-36)15-23(17-38)31(40)24(18-39)16-30-22(4)28-10-8-20(2)26-12-14-35(6)44-33(42-30)37(26,28)48-46-35;1-5-4(6-2)7-3;1-2-3/h19-34H,7-18H2,1-6H3;19-33,38-40H,7-18H2,1-6H3;4H,1-3H3;1H2/p+1/t19-,20-,21-,22-,23?,24?,25+,26+,27+,28+,29-,30-,31?,32-,33-,34?,35+,36+,37-,38-;19-,20-,21-,22-,23?,24?,25+,26+,27+,28+,29-,30-,31?,32-,33-,34+,35+,36-,37-;;/m11../s1/i/hT. The van der Waals surface area contributed by atoms with Crippen LogP contribution in [0.1, 0.15) is 212 Å². The minimum atomic E-state index is -0.955. The first-order valence-electron chi connectivity index (χ1n) is 41.8. The van der Waals surface area contributed by atoms with Gasteiger partial charge in [0.1, 0.15) is 0 Å². The van der Waals surface area contributed by atoms with Gasteiger partial charge in [-0.15, -0.1) is 0 Å². The summed E-state index contributed by atoms with van der Waals surface area (Å²) in [7, 11) is 6.74. The molecule has 612 valence electrons. The molecule has 18 heterocycles. The molecule has 0 aromatic rings. The zero-order valence-electron chi connectivity index (χ0n) is 67.2. The average Bonchev–Trinajstić information content (AvgIpc) is 1.39. The molecule has 0 amide bonds. The molecule has 22 aliphatic rings. The van der Waals surface area contributed by atoms with Crippen LogP contribution in [0.4, 0.5) is 0 Å². The third kappa shape index (κ3) is 14.2. The zero-order valence-corrected chi connectivity index (χ0v) is 69.1. The highest BCUT2D eigenvalue weighted by molar-refractivity contribution is 8.24. The first kappa shape index (κ1) is 80.7. The summed E-state index contributed by atoms with van der Waals surface area (Å²) in [4.78, 5) is 49.6. The molecule has 4 spiro atoms. The molecular weight excluding hydrogens is 1440 g/mol. The maximum atomic E-state index is 11.9. The predicted octanol–water partition coefficient (Wildman–Crippen LogP) is 12.2. The van der Waals surface area contributed by atoms with E-state index in [9.17, 15) is 15.3 Å². The molecule has 107 heavy (non-hydrogen) atoms. The first-order valence-corrected chi connectivity index (χ1v) is 44.9. The SMILES string of the molecule is COC(OC)OC.C[C@H]1[C@@H](CC(CO)C(O)C(CO)C[C@H]2O[C@@H]3O[C@]4(C)CC[C@H]5[C@H](C)CC[C@@H]([C@H]2C)[C@@]35OO4)O[C@@H]2O[C@]3(C)CC[C@H]4[C@H](C)CC[C@@H]1[C@@]24OO3.C[C@H]1[C@@H](CC2COC3OCC(C[C@H]4O[C@@H]5O[C@]6(C)CC[C@H]7[C@H](C)CC[C@@H]([C@H]4C)[C@@]57OO6)C2O3)O[C@@H]2O[C@]3(C)CC[C@H]4[C@H](C)CC[C@@H]1[C@@]24OO3.[3H][P+](P)=S. The van der Waals surface area contributed by atoms with Crippen LogP contribution in [0, 0.1) is 118 Å². The zero-order chi connectivity index (χ0) is 76.6. The van der Waals surface area contributed by atoms with Crippen molar-refractivity contribution in [3.63, 3.8) is 0 Å². The van der Waals surface area contributed by atoms with E-state index in [2.05, 4.69) is 90.3 Å². The number of hydrogen-bond acceptors (Lipinski definition) is 26. The van der Waals surface area contributed by atoms with E-state index in [1.807, 2.05) is 27.7 Å². The Morgan fingerprint density at radius 3 is 0.981 bits per heavy atom. The number of methoxy groups -OCH3 is 3. The van der Waals surface area contributed by atoms with Gasteiger partial charge in [0, 0.05) is 108 Å². The Kier molecular flexibility index (Phi) is 24.1. The van der Waals surface area contributed by atoms with Crippen LogP contribution in [0.2, 0.25) is 0 Å². The van der Waals surface area contributed by atoms with E-state index >= 15 is 0 Å². The number of aliphatic hydroxyl groups excluding tert-OH is 3.